The van der Waals surface area contributed by atoms with Gasteiger partial charge >= 0.3 is 0 Å². The van der Waals surface area contributed by atoms with E-state index < -0.39 is 9.84 Å². The van der Waals surface area contributed by atoms with Crippen LogP contribution < -0.4 is 0 Å². The van der Waals surface area contributed by atoms with Crippen molar-refractivity contribution in [1.82, 2.24) is 4.98 Å². The van der Waals surface area contributed by atoms with Crippen LogP contribution in [0.3, 0.4) is 0 Å². The molecular weight excluding hydrogens is 277 g/mol. The second-order valence-corrected chi connectivity index (χ2v) is 5.22. The van der Waals surface area contributed by atoms with Crippen molar-refractivity contribution < 1.29 is 8.42 Å². The van der Waals surface area contributed by atoms with Gasteiger partial charge in [0.25, 0.3) is 0 Å². The summed E-state index contributed by atoms with van der Waals surface area (Å²) in [5.41, 5.74) is 0. The zero-order chi connectivity index (χ0) is 8.48. The molecule has 0 saturated heterocycles. The van der Waals surface area contributed by atoms with E-state index in [1.165, 1.54) is 24.7 Å². The third-order valence-electron chi connectivity index (χ3n) is 1.13. The van der Waals surface area contributed by atoms with Crippen LogP contribution in [-0.2, 0) is 9.84 Å². The average molecular weight is 283 g/mol. The van der Waals surface area contributed by atoms with Crippen LogP contribution in [0.1, 0.15) is 0 Å². The highest BCUT2D eigenvalue weighted by atomic mass is 127. The smallest absolute Gasteiger partial charge is 0.176 e. The Balaban J connectivity index is 3.37. The van der Waals surface area contributed by atoms with E-state index in [2.05, 4.69) is 4.98 Å². The highest BCUT2D eigenvalue weighted by molar-refractivity contribution is 14.1. The first kappa shape index (κ1) is 8.92. The quantitative estimate of drug-likeness (QED) is 0.725. The van der Waals surface area contributed by atoms with Crippen molar-refractivity contribution in [3.8, 4) is 0 Å². The Morgan fingerprint density at radius 3 is 2.55 bits per heavy atom. The van der Waals surface area contributed by atoms with E-state index in [9.17, 15) is 8.42 Å². The van der Waals surface area contributed by atoms with Gasteiger partial charge in [-0.2, -0.15) is 0 Å². The van der Waals surface area contributed by atoms with Gasteiger partial charge in [0.2, 0.25) is 0 Å². The zero-order valence-corrected chi connectivity index (χ0v) is 8.76. The number of hydrogen-bond donors (Lipinski definition) is 0. The minimum atomic E-state index is -3.08. The van der Waals surface area contributed by atoms with E-state index in [4.69, 9.17) is 0 Å². The molecule has 0 radical (unpaired) electrons. The van der Waals surface area contributed by atoms with E-state index in [-0.39, 0.29) is 0 Å². The maximum Gasteiger partial charge on any atom is 0.176 e. The van der Waals surface area contributed by atoms with Gasteiger partial charge in [-0.05, 0) is 28.7 Å². The number of pyridine rings is 1. The predicted octanol–water partition coefficient (Wildman–Crippen LogP) is 1.09. The number of aromatic nitrogens is 1. The van der Waals surface area contributed by atoms with Gasteiger partial charge < -0.3 is 0 Å². The van der Waals surface area contributed by atoms with Crippen LogP contribution in [0.15, 0.2) is 23.4 Å². The number of rotatable bonds is 1. The van der Waals surface area contributed by atoms with Crippen molar-refractivity contribution in [2.24, 2.45) is 0 Å². The van der Waals surface area contributed by atoms with Crippen LogP contribution in [0.5, 0.6) is 0 Å². The van der Waals surface area contributed by atoms with Crippen molar-refractivity contribution in [1.29, 1.82) is 0 Å². The molecule has 0 amide bonds. The Labute approximate surface area is 78.9 Å². The monoisotopic (exact) mass is 283 g/mol. The lowest BCUT2D eigenvalue weighted by atomic mass is 10.5. The second-order valence-electron chi connectivity index (χ2n) is 2.08. The van der Waals surface area contributed by atoms with Gasteiger partial charge in [0, 0.05) is 22.2 Å². The third-order valence-corrected chi connectivity index (χ3v) is 3.52. The molecule has 0 aliphatic carbocycles. The number of nitrogens with zero attached hydrogens (tertiary/aromatic N) is 1. The van der Waals surface area contributed by atoms with Crippen molar-refractivity contribution in [3.63, 3.8) is 0 Å². The van der Waals surface area contributed by atoms with E-state index in [1.807, 2.05) is 22.6 Å². The summed E-state index contributed by atoms with van der Waals surface area (Å²) >= 11 is 1.94. The molecule has 0 aromatic carbocycles. The first-order valence-electron chi connectivity index (χ1n) is 2.81. The van der Waals surface area contributed by atoms with Crippen LogP contribution in [0.25, 0.3) is 0 Å². The Kier molecular flexibility index (Phi) is 2.48. The highest BCUT2D eigenvalue weighted by Crippen LogP contribution is 2.15. The maximum absolute atomic E-state index is 11.0. The molecule has 60 valence electrons. The molecule has 1 rings (SSSR count). The molecule has 0 spiro atoms. The Morgan fingerprint density at radius 2 is 2.18 bits per heavy atom. The first-order chi connectivity index (χ1) is 5.02. The standard InChI is InChI=1S/C6H6INO2S/c1-11(9,10)6-2-3-8-4-5(6)7/h2-4H,1H3. The van der Waals surface area contributed by atoms with E-state index in [0.29, 0.717) is 8.47 Å². The fourth-order valence-electron chi connectivity index (χ4n) is 0.663. The van der Waals surface area contributed by atoms with Crippen molar-refractivity contribution in [2.45, 2.75) is 4.90 Å². The molecule has 0 N–H and O–H groups in total. The summed E-state index contributed by atoms with van der Waals surface area (Å²) in [6.07, 6.45) is 4.18. The lowest BCUT2D eigenvalue weighted by Crippen LogP contribution is -1.99. The molecule has 0 aliphatic heterocycles. The molecule has 0 saturated carbocycles. The van der Waals surface area contributed by atoms with Crippen molar-refractivity contribution in [2.75, 3.05) is 6.26 Å². The molecule has 0 unspecified atom stereocenters. The molecule has 0 bridgehead atoms. The maximum atomic E-state index is 11.0. The largest absolute Gasteiger partial charge is 0.264 e. The number of sulfone groups is 1. The molecular formula is C6H6INO2S. The van der Waals surface area contributed by atoms with Crippen LogP contribution in [0.2, 0.25) is 0 Å². The van der Waals surface area contributed by atoms with Crippen LogP contribution in [-0.4, -0.2) is 19.7 Å². The topological polar surface area (TPSA) is 47.0 Å². The Morgan fingerprint density at radius 1 is 1.55 bits per heavy atom. The molecule has 1 aromatic heterocycles. The summed E-state index contributed by atoms with van der Waals surface area (Å²) in [4.78, 5) is 4.13. The summed E-state index contributed by atoms with van der Waals surface area (Å²) in [7, 11) is -3.08. The highest BCUT2D eigenvalue weighted by Gasteiger charge is 2.09. The normalized spacial score (nSPS) is 11.5. The number of hydrogen-bond acceptors (Lipinski definition) is 3. The molecule has 0 atom stereocenters. The fraction of sp³-hybridized carbons (Fsp3) is 0.167. The van der Waals surface area contributed by atoms with Gasteiger partial charge in [0.1, 0.15) is 0 Å². The van der Waals surface area contributed by atoms with Crippen LogP contribution >= 0.6 is 22.6 Å². The molecule has 0 fully saturated rings. The van der Waals surface area contributed by atoms with E-state index >= 15 is 0 Å². The average Bonchev–Trinajstić information content (AvgIpc) is 1.86. The SMILES string of the molecule is CS(=O)(=O)c1ccncc1I. The van der Waals surface area contributed by atoms with Gasteiger partial charge in [0.05, 0.1) is 4.90 Å². The fourth-order valence-corrected chi connectivity index (χ4v) is 2.92. The molecule has 0 aliphatic rings. The number of halogens is 1. The van der Waals surface area contributed by atoms with Crippen molar-refractivity contribution in [3.05, 3.63) is 22.0 Å². The van der Waals surface area contributed by atoms with Crippen LogP contribution in [0, 0.1) is 3.57 Å². The van der Waals surface area contributed by atoms with Gasteiger partial charge in [-0.1, -0.05) is 0 Å². The Bertz CT molecular complexity index is 361. The van der Waals surface area contributed by atoms with Crippen molar-refractivity contribution >= 4 is 32.4 Å². The van der Waals surface area contributed by atoms with Crippen LogP contribution in [0.4, 0.5) is 0 Å². The molecule has 5 heteroatoms. The van der Waals surface area contributed by atoms with E-state index in [0.717, 1.165) is 0 Å². The summed E-state index contributed by atoms with van der Waals surface area (Å²) in [6, 6.07) is 1.50. The lowest BCUT2D eigenvalue weighted by Gasteiger charge is -1.98. The summed E-state index contributed by atoms with van der Waals surface area (Å²) in [6.45, 7) is 0. The third kappa shape index (κ3) is 2.13. The first-order valence-corrected chi connectivity index (χ1v) is 5.78. The van der Waals surface area contributed by atoms with E-state index in [1.54, 1.807) is 0 Å². The molecule has 1 heterocycles. The molecule has 3 nitrogen and oxygen atoms in total. The van der Waals surface area contributed by atoms with Gasteiger partial charge in [-0.15, -0.1) is 0 Å². The molecule has 1 aromatic rings. The Hall–Kier alpha value is -0.170. The second kappa shape index (κ2) is 3.06. The lowest BCUT2D eigenvalue weighted by molar-refractivity contribution is 0.601. The zero-order valence-electron chi connectivity index (χ0n) is 5.78. The molecule has 11 heavy (non-hydrogen) atoms. The summed E-state index contributed by atoms with van der Waals surface area (Å²) < 4.78 is 22.7. The van der Waals surface area contributed by atoms with Gasteiger partial charge in [-0.3, -0.25) is 4.98 Å². The summed E-state index contributed by atoms with van der Waals surface area (Å²) in [5, 5.41) is 0. The van der Waals surface area contributed by atoms with Gasteiger partial charge in [0.15, 0.2) is 9.84 Å². The predicted molar refractivity (Wildman–Crippen MR) is 50.1 cm³/mol. The van der Waals surface area contributed by atoms with Gasteiger partial charge in [-0.25, -0.2) is 8.42 Å². The summed E-state index contributed by atoms with van der Waals surface area (Å²) in [5.74, 6) is 0. The minimum Gasteiger partial charge on any atom is -0.264 e. The minimum absolute atomic E-state index is 0.341.